The van der Waals surface area contributed by atoms with Crippen LogP contribution < -0.4 is 5.32 Å². The molecule has 10 heteroatoms. The van der Waals surface area contributed by atoms with Crippen molar-refractivity contribution >= 4 is 39.1 Å². The Balaban J connectivity index is 1.25. The number of nitrogens with one attached hydrogen (secondary N) is 3. The number of aromatic nitrogens is 6. The van der Waals surface area contributed by atoms with E-state index < -0.39 is 12.0 Å². The van der Waals surface area contributed by atoms with Crippen LogP contribution in [0.4, 0.5) is 10.1 Å². The molecule has 1 fully saturated rings. The Morgan fingerprint density at radius 1 is 1.07 bits per heavy atom. The van der Waals surface area contributed by atoms with Gasteiger partial charge in [0.25, 0.3) is 0 Å². The number of imidazole rings is 1. The van der Waals surface area contributed by atoms with E-state index in [0.717, 1.165) is 47.0 Å². The van der Waals surface area contributed by atoms with Crippen molar-refractivity contribution in [1.82, 2.24) is 30.1 Å². The number of fused-ring (bicyclic) bond motifs is 2. The molecule has 5 heterocycles. The highest BCUT2D eigenvalue weighted by atomic mass is 32.1. The molecule has 40 heavy (non-hydrogen) atoms. The number of pyridine rings is 2. The molecule has 4 N–H and O–H groups in total. The van der Waals surface area contributed by atoms with Crippen molar-refractivity contribution in [3.05, 3.63) is 65.7 Å². The molecule has 0 radical (unpaired) electrons. The number of aromatic amines is 2. The van der Waals surface area contributed by atoms with Gasteiger partial charge < -0.3 is 15.4 Å². The molecule has 1 atom stereocenters. The van der Waals surface area contributed by atoms with Gasteiger partial charge >= 0.3 is 0 Å². The summed E-state index contributed by atoms with van der Waals surface area (Å²) in [4.78, 5) is 19.3. The van der Waals surface area contributed by atoms with Crippen LogP contribution in [0.25, 0.3) is 55.2 Å². The van der Waals surface area contributed by atoms with Crippen molar-refractivity contribution in [2.45, 2.75) is 45.3 Å². The first-order valence-electron chi connectivity index (χ1n) is 13.5. The molecule has 0 spiro atoms. The van der Waals surface area contributed by atoms with E-state index >= 15 is 4.39 Å². The van der Waals surface area contributed by atoms with Gasteiger partial charge in [-0.2, -0.15) is 5.10 Å². The SMILES string of the molecule is Cc1ccc(-c2ccnc3[nH]c(-c4n[nH]c5cc(F)c(-c6cncc(NC(O)C7CCCCC7)c6)cc45)nc23)s1. The minimum atomic E-state index is -0.658. The van der Waals surface area contributed by atoms with Crippen LogP contribution in [-0.2, 0) is 0 Å². The molecule has 1 aliphatic carbocycles. The molecule has 7 rings (SSSR count). The maximum absolute atomic E-state index is 15.3. The Kier molecular flexibility index (Phi) is 6.28. The summed E-state index contributed by atoms with van der Waals surface area (Å²) >= 11 is 1.71. The number of aliphatic hydroxyl groups is 1. The molecule has 0 amide bonds. The van der Waals surface area contributed by atoms with Crippen LogP contribution in [-0.4, -0.2) is 41.5 Å². The molecule has 0 bridgehead atoms. The minimum Gasteiger partial charge on any atom is -0.374 e. The van der Waals surface area contributed by atoms with E-state index in [4.69, 9.17) is 4.98 Å². The zero-order valence-corrected chi connectivity index (χ0v) is 22.7. The zero-order valence-electron chi connectivity index (χ0n) is 21.9. The topological polar surface area (TPSA) is 115 Å². The van der Waals surface area contributed by atoms with E-state index in [2.05, 4.69) is 49.5 Å². The standard InChI is InChI=1S/C30H28FN7OS/c1-16-7-8-25(40-16)20-9-10-33-28-26(20)35-29(36-28)27-22-12-21(23(31)13-24(22)37-38-27)18-11-19(15-32-14-18)34-30(39)17-5-3-2-4-6-17/h7-15,17,30,34,39H,2-6H2,1H3,(H,37,38)(H,33,35,36). The van der Waals surface area contributed by atoms with Gasteiger partial charge in [0, 0.05) is 56.2 Å². The third kappa shape index (κ3) is 4.52. The van der Waals surface area contributed by atoms with Gasteiger partial charge in [-0.25, -0.2) is 14.4 Å². The average Bonchev–Trinajstić information content (AvgIpc) is 3.70. The quantitative estimate of drug-likeness (QED) is 0.164. The van der Waals surface area contributed by atoms with Crippen LogP contribution in [0.3, 0.4) is 0 Å². The Hall–Kier alpha value is -4.15. The van der Waals surface area contributed by atoms with Gasteiger partial charge in [-0.05, 0) is 50.1 Å². The first-order valence-corrected chi connectivity index (χ1v) is 14.3. The summed E-state index contributed by atoms with van der Waals surface area (Å²) in [6.45, 7) is 2.08. The Morgan fingerprint density at radius 2 is 1.95 bits per heavy atom. The molecule has 1 aromatic carbocycles. The number of aliphatic hydroxyl groups excluding tert-OH is 1. The minimum absolute atomic E-state index is 0.210. The summed E-state index contributed by atoms with van der Waals surface area (Å²) in [5.41, 5.74) is 5.22. The maximum Gasteiger partial charge on any atom is 0.160 e. The zero-order chi connectivity index (χ0) is 27.2. The van der Waals surface area contributed by atoms with E-state index in [1.807, 2.05) is 12.1 Å². The third-order valence-electron chi connectivity index (χ3n) is 7.73. The molecule has 202 valence electrons. The lowest BCUT2D eigenvalue weighted by Crippen LogP contribution is -2.30. The molecule has 6 aromatic rings. The number of nitrogens with zero attached hydrogens (tertiary/aromatic N) is 4. The van der Waals surface area contributed by atoms with Crippen molar-refractivity contribution in [2.24, 2.45) is 5.92 Å². The van der Waals surface area contributed by atoms with Crippen molar-refractivity contribution in [2.75, 3.05) is 5.32 Å². The number of thiophene rings is 1. The molecule has 1 saturated carbocycles. The normalized spacial score (nSPS) is 15.2. The van der Waals surface area contributed by atoms with Gasteiger partial charge in [0.2, 0.25) is 0 Å². The lowest BCUT2D eigenvalue weighted by molar-refractivity contribution is 0.109. The molecule has 5 aromatic heterocycles. The fourth-order valence-corrected chi connectivity index (χ4v) is 6.54. The van der Waals surface area contributed by atoms with E-state index in [1.165, 1.54) is 17.4 Å². The van der Waals surface area contributed by atoms with Gasteiger partial charge in [0.05, 0.1) is 17.4 Å². The van der Waals surface area contributed by atoms with Crippen LogP contribution in [0.1, 0.15) is 37.0 Å². The van der Waals surface area contributed by atoms with E-state index in [-0.39, 0.29) is 5.92 Å². The molecule has 0 saturated heterocycles. The van der Waals surface area contributed by atoms with Crippen LogP contribution >= 0.6 is 11.3 Å². The van der Waals surface area contributed by atoms with Crippen LogP contribution in [0.5, 0.6) is 0 Å². The third-order valence-corrected chi connectivity index (χ3v) is 8.76. The van der Waals surface area contributed by atoms with E-state index in [0.29, 0.717) is 39.5 Å². The Bertz CT molecular complexity index is 1830. The second kappa shape index (κ2) is 10.1. The number of H-pyrrole nitrogens is 2. The lowest BCUT2D eigenvalue weighted by Gasteiger charge is -2.27. The predicted molar refractivity (Wildman–Crippen MR) is 156 cm³/mol. The van der Waals surface area contributed by atoms with E-state index in [9.17, 15) is 5.11 Å². The number of aryl methyl sites for hydroxylation is 1. The van der Waals surface area contributed by atoms with Gasteiger partial charge in [0.15, 0.2) is 11.5 Å². The lowest BCUT2D eigenvalue weighted by atomic mass is 9.88. The van der Waals surface area contributed by atoms with Crippen LogP contribution in [0, 0.1) is 18.7 Å². The molecular formula is C30H28FN7OS. The summed E-state index contributed by atoms with van der Waals surface area (Å²) in [7, 11) is 0. The first kappa shape index (κ1) is 24.9. The number of hydrogen-bond acceptors (Lipinski definition) is 7. The molecule has 0 aliphatic heterocycles. The fourth-order valence-electron chi connectivity index (χ4n) is 5.65. The molecule has 1 aliphatic rings. The second-order valence-electron chi connectivity index (χ2n) is 10.5. The summed E-state index contributed by atoms with van der Waals surface area (Å²) in [5, 5.41) is 22.1. The maximum atomic E-state index is 15.3. The first-order chi connectivity index (χ1) is 19.5. The number of rotatable bonds is 6. The summed E-state index contributed by atoms with van der Waals surface area (Å²) in [6, 6.07) is 11.2. The monoisotopic (exact) mass is 553 g/mol. The van der Waals surface area contributed by atoms with Gasteiger partial charge in [0.1, 0.15) is 23.3 Å². The number of halogens is 1. The average molecular weight is 554 g/mol. The van der Waals surface area contributed by atoms with Crippen molar-refractivity contribution < 1.29 is 9.50 Å². The van der Waals surface area contributed by atoms with Gasteiger partial charge in [-0.1, -0.05) is 19.3 Å². The summed E-state index contributed by atoms with van der Waals surface area (Å²) in [5.74, 6) is 0.369. The van der Waals surface area contributed by atoms with Gasteiger partial charge in [-0.3, -0.25) is 10.1 Å². The highest BCUT2D eigenvalue weighted by Crippen LogP contribution is 2.36. The highest BCUT2D eigenvalue weighted by molar-refractivity contribution is 7.15. The summed E-state index contributed by atoms with van der Waals surface area (Å²) in [6.07, 6.45) is 9.89. The van der Waals surface area contributed by atoms with Crippen molar-refractivity contribution in [1.29, 1.82) is 0 Å². The van der Waals surface area contributed by atoms with E-state index in [1.54, 1.807) is 36.0 Å². The molecule has 1 unspecified atom stereocenters. The smallest absolute Gasteiger partial charge is 0.160 e. The number of benzene rings is 1. The highest BCUT2D eigenvalue weighted by Gasteiger charge is 2.22. The fraction of sp³-hybridized carbons (Fsp3) is 0.267. The van der Waals surface area contributed by atoms with Crippen molar-refractivity contribution in [3.63, 3.8) is 0 Å². The van der Waals surface area contributed by atoms with Crippen molar-refractivity contribution in [3.8, 4) is 33.1 Å². The number of anilines is 1. The Labute approximate surface area is 233 Å². The molecule has 8 nitrogen and oxygen atoms in total. The van der Waals surface area contributed by atoms with Crippen LogP contribution in [0.2, 0.25) is 0 Å². The Morgan fingerprint density at radius 3 is 2.77 bits per heavy atom. The second-order valence-corrected chi connectivity index (χ2v) is 11.7. The number of hydrogen-bond donors (Lipinski definition) is 4. The van der Waals surface area contributed by atoms with Gasteiger partial charge in [-0.15, -0.1) is 11.3 Å². The molecular weight excluding hydrogens is 525 g/mol. The largest absolute Gasteiger partial charge is 0.374 e. The predicted octanol–water partition coefficient (Wildman–Crippen LogP) is 7.05. The van der Waals surface area contributed by atoms with Crippen LogP contribution in [0.15, 0.2) is 55.0 Å². The summed E-state index contributed by atoms with van der Waals surface area (Å²) < 4.78 is 15.3.